The summed E-state index contributed by atoms with van der Waals surface area (Å²) in [4.78, 5) is 0. The Kier molecular flexibility index (Phi) is 4.55. The number of halogens is 3. The van der Waals surface area contributed by atoms with Gasteiger partial charge in [0.15, 0.2) is 11.6 Å². The quantitative estimate of drug-likeness (QED) is 0.881. The first kappa shape index (κ1) is 15.1. The number of hydrogen-bond acceptors (Lipinski definition) is 1. The molecule has 0 aromatic heterocycles. The molecule has 0 aliphatic rings. The fourth-order valence-electron chi connectivity index (χ4n) is 2.20. The minimum absolute atomic E-state index is 0.0622. The van der Waals surface area contributed by atoms with Gasteiger partial charge in [0.2, 0.25) is 0 Å². The van der Waals surface area contributed by atoms with Gasteiger partial charge < -0.3 is 5.11 Å². The lowest BCUT2D eigenvalue weighted by Gasteiger charge is -2.24. The molecule has 1 nitrogen and oxygen atoms in total. The van der Waals surface area contributed by atoms with Crippen LogP contribution in [0.2, 0.25) is 0 Å². The first-order chi connectivity index (χ1) is 9.37. The van der Waals surface area contributed by atoms with E-state index in [1.807, 2.05) is 24.3 Å². The van der Waals surface area contributed by atoms with Crippen LogP contribution in [0, 0.1) is 11.6 Å². The average molecular weight is 341 g/mol. The van der Waals surface area contributed by atoms with Crippen molar-refractivity contribution >= 4 is 15.9 Å². The average Bonchev–Trinajstić information content (AvgIpc) is 2.37. The van der Waals surface area contributed by atoms with Crippen LogP contribution < -0.4 is 0 Å². The highest BCUT2D eigenvalue weighted by molar-refractivity contribution is 9.10. The Morgan fingerprint density at radius 2 is 1.70 bits per heavy atom. The number of hydrogen-bond donors (Lipinski definition) is 1. The van der Waals surface area contributed by atoms with Gasteiger partial charge in [-0.1, -0.05) is 40.2 Å². The topological polar surface area (TPSA) is 20.2 Å². The third kappa shape index (κ3) is 3.87. The van der Waals surface area contributed by atoms with Gasteiger partial charge in [-0.25, -0.2) is 8.78 Å². The van der Waals surface area contributed by atoms with E-state index in [2.05, 4.69) is 15.9 Å². The monoisotopic (exact) mass is 340 g/mol. The first-order valence-corrected chi connectivity index (χ1v) is 7.06. The summed E-state index contributed by atoms with van der Waals surface area (Å²) in [6.45, 7) is 1.62. The fourth-order valence-corrected chi connectivity index (χ4v) is 2.46. The van der Waals surface area contributed by atoms with Crippen LogP contribution in [-0.4, -0.2) is 10.7 Å². The van der Waals surface area contributed by atoms with Gasteiger partial charge in [0.25, 0.3) is 0 Å². The zero-order valence-corrected chi connectivity index (χ0v) is 12.6. The van der Waals surface area contributed by atoms with Crippen molar-refractivity contribution in [3.8, 4) is 0 Å². The molecule has 1 unspecified atom stereocenters. The minimum Gasteiger partial charge on any atom is -0.389 e. The van der Waals surface area contributed by atoms with Gasteiger partial charge >= 0.3 is 0 Å². The van der Waals surface area contributed by atoms with Gasteiger partial charge in [0.05, 0.1) is 5.60 Å². The van der Waals surface area contributed by atoms with E-state index in [1.54, 1.807) is 6.92 Å². The molecule has 0 radical (unpaired) electrons. The Hall–Kier alpha value is -1.26. The summed E-state index contributed by atoms with van der Waals surface area (Å²) in [5.74, 6) is -1.77. The van der Waals surface area contributed by atoms with Crippen molar-refractivity contribution in [2.24, 2.45) is 0 Å². The molecule has 1 atom stereocenters. The number of benzene rings is 2. The Bertz CT molecular complexity index is 594. The van der Waals surface area contributed by atoms with Crippen molar-refractivity contribution in [3.63, 3.8) is 0 Å². The lowest BCUT2D eigenvalue weighted by Crippen LogP contribution is -2.30. The predicted octanol–water partition coefficient (Wildman–Crippen LogP) is 4.26. The van der Waals surface area contributed by atoms with Crippen molar-refractivity contribution in [3.05, 3.63) is 69.7 Å². The standard InChI is InChI=1S/C16H15BrF2O/c1-16(20,9-11-5-7-13(17)8-6-11)10-12-3-2-4-14(18)15(12)19/h2-8,20H,9-10H2,1H3. The highest BCUT2D eigenvalue weighted by atomic mass is 79.9. The van der Waals surface area contributed by atoms with Crippen LogP contribution in [0.25, 0.3) is 0 Å². The van der Waals surface area contributed by atoms with E-state index in [1.165, 1.54) is 12.1 Å². The highest BCUT2D eigenvalue weighted by Crippen LogP contribution is 2.22. The Labute approximate surface area is 125 Å². The largest absolute Gasteiger partial charge is 0.389 e. The highest BCUT2D eigenvalue weighted by Gasteiger charge is 2.24. The van der Waals surface area contributed by atoms with Gasteiger partial charge in [-0.2, -0.15) is 0 Å². The number of aliphatic hydroxyl groups is 1. The molecule has 0 aliphatic carbocycles. The molecule has 0 saturated heterocycles. The molecule has 2 rings (SSSR count). The van der Waals surface area contributed by atoms with Gasteiger partial charge in [-0.15, -0.1) is 0 Å². The van der Waals surface area contributed by atoms with Crippen LogP contribution >= 0.6 is 15.9 Å². The summed E-state index contributed by atoms with van der Waals surface area (Å²) < 4.78 is 27.8. The third-order valence-electron chi connectivity index (χ3n) is 3.10. The molecule has 0 saturated carbocycles. The maximum Gasteiger partial charge on any atom is 0.162 e. The molecule has 2 aromatic rings. The van der Waals surface area contributed by atoms with Gasteiger partial charge in [0.1, 0.15) is 0 Å². The van der Waals surface area contributed by atoms with Crippen LogP contribution in [0.3, 0.4) is 0 Å². The molecule has 1 N–H and O–H groups in total. The molecule has 0 amide bonds. The normalized spacial score (nSPS) is 14.1. The molecule has 0 heterocycles. The molecule has 106 valence electrons. The van der Waals surface area contributed by atoms with Crippen LogP contribution in [0.1, 0.15) is 18.1 Å². The van der Waals surface area contributed by atoms with Crippen LogP contribution in [0.5, 0.6) is 0 Å². The molecule has 0 bridgehead atoms. The lowest BCUT2D eigenvalue weighted by molar-refractivity contribution is 0.0598. The van der Waals surface area contributed by atoms with Crippen molar-refractivity contribution in [2.75, 3.05) is 0 Å². The van der Waals surface area contributed by atoms with E-state index >= 15 is 0 Å². The summed E-state index contributed by atoms with van der Waals surface area (Å²) in [7, 11) is 0. The van der Waals surface area contributed by atoms with Crippen LogP contribution in [-0.2, 0) is 12.8 Å². The summed E-state index contributed by atoms with van der Waals surface area (Å²) in [6, 6.07) is 11.6. The maximum atomic E-state index is 13.6. The second kappa shape index (κ2) is 6.02. The zero-order valence-electron chi connectivity index (χ0n) is 11.0. The lowest BCUT2D eigenvalue weighted by atomic mass is 9.89. The van der Waals surface area contributed by atoms with Gasteiger partial charge in [0, 0.05) is 17.3 Å². The molecule has 0 aliphatic heterocycles. The number of rotatable bonds is 4. The first-order valence-electron chi connectivity index (χ1n) is 6.27. The maximum absolute atomic E-state index is 13.6. The molecule has 20 heavy (non-hydrogen) atoms. The van der Waals surface area contributed by atoms with Crippen molar-refractivity contribution < 1.29 is 13.9 Å². The van der Waals surface area contributed by atoms with E-state index in [0.717, 1.165) is 16.1 Å². The van der Waals surface area contributed by atoms with Crippen molar-refractivity contribution in [1.82, 2.24) is 0 Å². The van der Waals surface area contributed by atoms with Gasteiger partial charge in [-0.05, 0) is 36.2 Å². The second-order valence-electron chi connectivity index (χ2n) is 5.19. The van der Waals surface area contributed by atoms with E-state index < -0.39 is 17.2 Å². The molecule has 2 aromatic carbocycles. The van der Waals surface area contributed by atoms with E-state index in [4.69, 9.17) is 0 Å². The summed E-state index contributed by atoms with van der Waals surface area (Å²) in [5.41, 5.74) is -0.00948. The fraction of sp³-hybridized carbons (Fsp3) is 0.250. The van der Waals surface area contributed by atoms with Crippen LogP contribution in [0.15, 0.2) is 46.9 Å². The Morgan fingerprint density at radius 3 is 2.35 bits per heavy atom. The molecular weight excluding hydrogens is 326 g/mol. The van der Waals surface area contributed by atoms with E-state index in [0.29, 0.717) is 6.42 Å². The van der Waals surface area contributed by atoms with E-state index in [9.17, 15) is 13.9 Å². The van der Waals surface area contributed by atoms with Crippen LogP contribution in [0.4, 0.5) is 8.78 Å². The second-order valence-corrected chi connectivity index (χ2v) is 6.11. The molecule has 0 spiro atoms. The summed E-state index contributed by atoms with van der Waals surface area (Å²) in [6.07, 6.45) is 0.433. The Balaban J connectivity index is 2.14. The third-order valence-corrected chi connectivity index (χ3v) is 3.63. The Morgan fingerprint density at radius 1 is 1.05 bits per heavy atom. The van der Waals surface area contributed by atoms with Gasteiger partial charge in [-0.3, -0.25) is 0 Å². The SMILES string of the molecule is CC(O)(Cc1ccc(Br)cc1)Cc1cccc(F)c1F. The van der Waals surface area contributed by atoms with E-state index in [-0.39, 0.29) is 12.0 Å². The summed E-state index contributed by atoms with van der Waals surface area (Å²) >= 11 is 3.34. The molecule has 0 fully saturated rings. The zero-order chi connectivity index (χ0) is 14.8. The summed E-state index contributed by atoms with van der Waals surface area (Å²) in [5, 5.41) is 10.4. The van der Waals surface area contributed by atoms with Crippen molar-refractivity contribution in [2.45, 2.75) is 25.4 Å². The molecule has 4 heteroatoms. The van der Waals surface area contributed by atoms with Crippen molar-refractivity contribution in [1.29, 1.82) is 0 Å². The smallest absolute Gasteiger partial charge is 0.162 e. The minimum atomic E-state index is -1.14. The predicted molar refractivity (Wildman–Crippen MR) is 78.5 cm³/mol. The molecular formula is C16H15BrF2O.